The standard InChI is InChI=1S/C10H12ClN5S/c1-7(2)16-10(13-14-15-16)17-6-8-3-4-9(11)12-5-8/h3-5,7H,6H2,1-2H3. The molecule has 0 saturated carbocycles. The summed E-state index contributed by atoms with van der Waals surface area (Å²) >= 11 is 7.31. The van der Waals surface area contributed by atoms with Gasteiger partial charge in [-0.05, 0) is 35.9 Å². The first-order chi connectivity index (χ1) is 8.16. The van der Waals surface area contributed by atoms with Gasteiger partial charge in [0.1, 0.15) is 5.15 Å². The second-order valence-corrected chi connectivity index (χ2v) is 5.11. The van der Waals surface area contributed by atoms with E-state index in [-0.39, 0.29) is 6.04 Å². The van der Waals surface area contributed by atoms with Crippen molar-refractivity contribution < 1.29 is 0 Å². The fourth-order valence-corrected chi connectivity index (χ4v) is 2.30. The Balaban J connectivity index is 2.02. The smallest absolute Gasteiger partial charge is 0.209 e. The molecule has 5 nitrogen and oxygen atoms in total. The van der Waals surface area contributed by atoms with Crippen LogP contribution in [0.3, 0.4) is 0 Å². The van der Waals surface area contributed by atoms with E-state index in [0.717, 1.165) is 16.5 Å². The zero-order valence-electron chi connectivity index (χ0n) is 9.54. The van der Waals surface area contributed by atoms with Crippen LogP contribution in [-0.2, 0) is 5.75 Å². The fraction of sp³-hybridized carbons (Fsp3) is 0.400. The van der Waals surface area contributed by atoms with Crippen LogP contribution in [-0.4, -0.2) is 25.2 Å². The molecular weight excluding hydrogens is 258 g/mol. The summed E-state index contributed by atoms with van der Waals surface area (Å²) in [5, 5.41) is 12.9. The fourth-order valence-electron chi connectivity index (χ4n) is 1.24. The van der Waals surface area contributed by atoms with E-state index in [1.54, 1.807) is 28.7 Å². The number of hydrogen-bond acceptors (Lipinski definition) is 5. The predicted molar refractivity (Wildman–Crippen MR) is 67.0 cm³/mol. The average molecular weight is 270 g/mol. The van der Waals surface area contributed by atoms with Crippen molar-refractivity contribution in [3.8, 4) is 0 Å². The first-order valence-corrected chi connectivity index (χ1v) is 6.54. The molecule has 2 aromatic rings. The molecule has 0 unspecified atom stereocenters. The highest BCUT2D eigenvalue weighted by Crippen LogP contribution is 2.22. The van der Waals surface area contributed by atoms with Crippen LogP contribution in [0, 0.1) is 0 Å². The van der Waals surface area contributed by atoms with Crippen LogP contribution < -0.4 is 0 Å². The molecule has 0 N–H and O–H groups in total. The van der Waals surface area contributed by atoms with Crippen molar-refractivity contribution in [3.63, 3.8) is 0 Å². The van der Waals surface area contributed by atoms with Gasteiger partial charge in [-0.15, -0.1) is 5.10 Å². The van der Waals surface area contributed by atoms with E-state index in [0.29, 0.717) is 5.15 Å². The molecule has 0 aromatic carbocycles. The highest BCUT2D eigenvalue weighted by Gasteiger charge is 2.09. The maximum atomic E-state index is 5.72. The molecule has 0 radical (unpaired) electrons. The molecule has 0 fully saturated rings. The van der Waals surface area contributed by atoms with E-state index in [2.05, 4.69) is 20.5 Å². The Morgan fingerprint density at radius 3 is 2.88 bits per heavy atom. The summed E-state index contributed by atoms with van der Waals surface area (Å²) in [6, 6.07) is 3.99. The minimum atomic E-state index is 0.260. The normalized spacial score (nSPS) is 11.1. The number of tetrazole rings is 1. The largest absolute Gasteiger partial charge is 0.244 e. The number of thioether (sulfide) groups is 1. The van der Waals surface area contributed by atoms with Crippen molar-refractivity contribution in [1.82, 2.24) is 25.2 Å². The molecule has 0 bridgehead atoms. The molecule has 90 valence electrons. The Kier molecular flexibility index (Phi) is 3.96. The van der Waals surface area contributed by atoms with Crippen molar-refractivity contribution in [2.45, 2.75) is 30.8 Å². The van der Waals surface area contributed by atoms with Crippen molar-refractivity contribution in [1.29, 1.82) is 0 Å². The summed E-state index contributed by atoms with van der Waals surface area (Å²) in [5.74, 6) is 0.775. The topological polar surface area (TPSA) is 56.5 Å². The molecule has 2 aromatic heterocycles. The Morgan fingerprint density at radius 1 is 1.41 bits per heavy atom. The molecule has 0 amide bonds. The van der Waals surface area contributed by atoms with Crippen LogP contribution in [0.1, 0.15) is 25.5 Å². The second-order valence-electron chi connectivity index (χ2n) is 3.78. The van der Waals surface area contributed by atoms with Gasteiger partial charge in [-0.1, -0.05) is 29.4 Å². The van der Waals surface area contributed by atoms with Crippen LogP contribution in [0.25, 0.3) is 0 Å². The molecule has 0 spiro atoms. The molecule has 17 heavy (non-hydrogen) atoms. The summed E-state index contributed by atoms with van der Waals surface area (Å²) < 4.78 is 1.80. The van der Waals surface area contributed by atoms with Crippen LogP contribution in [0.2, 0.25) is 5.15 Å². The molecular formula is C10H12ClN5S. The van der Waals surface area contributed by atoms with Crippen LogP contribution in [0.4, 0.5) is 0 Å². The van der Waals surface area contributed by atoms with Crippen molar-refractivity contribution in [2.24, 2.45) is 0 Å². The minimum absolute atomic E-state index is 0.260. The van der Waals surface area contributed by atoms with E-state index in [4.69, 9.17) is 11.6 Å². The van der Waals surface area contributed by atoms with E-state index in [9.17, 15) is 0 Å². The summed E-state index contributed by atoms with van der Waals surface area (Å²) in [6.07, 6.45) is 1.76. The lowest BCUT2D eigenvalue weighted by Gasteiger charge is -2.06. The minimum Gasteiger partial charge on any atom is -0.244 e. The highest BCUT2D eigenvalue weighted by atomic mass is 35.5. The molecule has 0 aliphatic carbocycles. The van der Waals surface area contributed by atoms with Crippen LogP contribution in [0.5, 0.6) is 0 Å². The van der Waals surface area contributed by atoms with Crippen molar-refractivity contribution in [2.75, 3.05) is 0 Å². The van der Waals surface area contributed by atoms with E-state index in [1.807, 2.05) is 19.9 Å². The summed E-state index contributed by atoms with van der Waals surface area (Å²) in [4.78, 5) is 4.03. The lowest BCUT2D eigenvalue weighted by atomic mass is 10.3. The zero-order chi connectivity index (χ0) is 12.3. The number of halogens is 1. The van der Waals surface area contributed by atoms with Gasteiger partial charge < -0.3 is 0 Å². The van der Waals surface area contributed by atoms with Crippen molar-refractivity contribution >= 4 is 23.4 Å². The number of rotatable bonds is 4. The molecule has 0 saturated heterocycles. The van der Waals surface area contributed by atoms with E-state index in [1.165, 1.54) is 0 Å². The molecule has 7 heteroatoms. The molecule has 0 aliphatic heterocycles. The van der Waals surface area contributed by atoms with Gasteiger partial charge in [-0.25, -0.2) is 9.67 Å². The maximum Gasteiger partial charge on any atom is 0.209 e. The van der Waals surface area contributed by atoms with Gasteiger partial charge in [0.05, 0.1) is 6.04 Å². The number of hydrogen-bond donors (Lipinski definition) is 0. The van der Waals surface area contributed by atoms with Gasteiger partial charge in [-0.3, -0.25) is 0 Å². The van der Waals surface area contributed by atoms with Crippen molar-refractivity contribution in [3.05, 3.63) is 29.0 Å². The summed E-state index contributed by atoms with van der Waals surface area (Å²) in [7, 11) is 0. The SMILES string of the molecule is CC(C)n1nnnc1SCc1ccc(Cl)nc1. The third-order valence-electron chi connectivity index (χ3n) is 2.11. The van der Waals surface area contributed by atoms with Gasteiger partial charge in [0.2, 0.25) is 5.16 Å². The third kappa shape index (κ3) is 3.17. The Labute approximate surface area is 109 Å². The van der Waals surface area contributed by atoms with Gasteiger partial charge in [-0.2, -0.15) is 0 Å². The van der Waals surface area contributed by atoms with E-state index >= 15 is 0 Å². The third-order valence-corrected chi connectivity index (χ3v) is 3.34. The number of aromatic nitrogens is 5. The Bertz CT molecular complexity index is 482. The highest BCUT2D eigenvalue weighted by molar-refractivity contribution is 7.98. The quantitative estimate of drug-likeness (QED) is 0.631. The Hall–Kier alpha value is -1.14. The maximum absolute atomic E-state index is 5.72. The molecule has 0 aliphatic rings. The average Bonchev–Trinajstić information content (AvgIpc) is 2.76. The lowest BCUT2D eigenvalue weighted by Crippen LogP contribution is -2.04. The molecule has 0 atom stereocenters. The predicted octanol–water partition coefficient (Wildman–Crippen LogP) is 2.59. The Morgan fingerprint density at radius 2 is 2.24 bits per heavy atom. The molecule has 2 heterocycles. The zero-order valence-corrected chi connectivity index (χ0v) is 11.1. The number of nitrogens with zero attached hydrogens (tertiary/aromatic N) is 5. The lowest BCUT2D eigenvalue weighted by molar-refractivity contribution is 0.477. The first kappa shape index (κ1) is 12.3. The van der Waals surface area contributed by atoms with Crippen LogP contribution >= 0.6 is 23.4 Å². The van der Waals surface area contributed by atoms with Gasteiger partial charge in [0.15, 0.2) is 0 Å². The number of pyridine rings is 1. The van der Waals surface area contributed by atoms with Gasteiger partial charge in [0, 0.05) is 11.9 Å². The molecule has 2 rings (SSSR count). The van der Waals surface area contributed by atoms with Gasteiger partial charge >= 0.3 is 0 Å². The summed E-state index contributed by atoms with van der Waals surface area (Å²) in [5.41, 5.74) is 1.10. The second kappa shape index (κ2) is 5.46. The van der Waals surface area contributed by atoms with Crippen LogP contribution in [0.15, 0.2) is 23.5 Å². The van der Waals surface area contributed by atoms with Gasteiger partial charge in [0.25, 0.3) is 0 Å². The van der Waals surface area contributed by atoms with E-state index < -0.39 is 0 Å². The first-order valence-electron chi connectivity index (χ1n) is 5.18. The summed E-state index contributed by atoms with van der Waals surface area (Å²) in [6.45, 7) is 4.09. The monoisotopic (exact) mass is 269 g/mol.